The van der Waals surface area contributed by atoms with Crippen LogP contribution >= 0.6 is 0 Å². The molecule has 4 nitrogen and oxygen atoms in total. The first-order chi connectivity index (χ1) is 12.4. The van der Waals surface area contributed by atoms with Crippen LogP contribution in [0.25, 0.3) is 0 Å². The molecule has 140 valence electrons. The molecule has 1 amide bonds. The van der Waals surface area contributed by atoms with Crippen LogP contribution in [-0.2, 0) is 17.8 Å². The number of hydrogen-bond donors (Lipinski definition) is 1. The third kappa shape index (κ3) is 7.04. The smallest absolute Gasteiger partial charge is 0.422 e. The maximum absolute atomic E-state index is 12.1. The first-order valence-corrected chi connectivity index (χ1v) is 8.04. The van der Waals surface area contributed by atoms with Gasteiger partial charge in [-0.2, -0.15) is 13.2 Å². The van der Waals surface area contributed by atoms with Crippen molar-refractivity contribution < 1.29 is 27.4 Å². The summed E-state index contributed by atoms with van der Waals surface area (Å²) in [5.74, 6) is 0.774. The van der Waals surface area contributed by atoms with Crippen molar-refractivity contribution >= 4 is 5.91 Å². The van der Waals surface area contributed by atoms with E-state index in [1.165, 1.54) is 12.1 Å². The molecule has 0 aromatic heterocycles. The van der Waals surface area contributed by atoms with Gasteiger partial charge in [-0.3, -0.25) is 4.79 Å². The predicted octanol–water partition coefficient (Wildman–Crippen LogP) is 3.89. The van der Waals surface area contributed by atoms with Crippen molar-refractivity contribution in [2.24, 2.45) is 0 Å². The van der Waals surface area contributed by atoms with Crippen LogP contribution in [0.4, 0.5) is 13.2 Å². The van der Waals surface area contributed by atoms with Gasteiger partial charge in [0, 0.05) is 13.0 Å². The minimum Gasteiger partial charge on any atom is -0.497 e. The highest BCUT2D eigenvalue weighted by molar-refractivity contribution is 5.76. The first kappa shape index (κ1) is 19.6. The number of carbonyl (C=O) groups is 1. The maximum atomic E-state index is 12.1. The molecule has 2 aromatic rings. The number of alkyl halides is 3. The lowest BCUT2D eigenvalue weighted by molar-refractivity contribution is -0.153. The molecule has 7 heteroatoms. The molecule has 0 aliphatic heterocycles. The normalized spacial score (nSPS) is 11.1. The molecular formula is C19H20F3NO3. The summed E-state index contributed by atoms with van der Waals surface area (Å²) in [6.45, 7) is -1.02. The number of halogens is 3. The lowest BCUT2D eigenvalue weighted by Gasteiger charge is -2.10. The molecule has 0 atom stereocenters. The minimum absolute atomic E-state index is 0.106. The molecule has 0 spiro atoms. The molecule has 0 radical (unpaired) electrons. The SMILES string of the molecule is COc1cccc(CCC(=O)NCc2ccc(OCC(F)(F)F)cc2)c1. The van der Waals surface area contributed by atoms with Crippen LogP contribution in [0.1, 0.15) is 17.5 Å². The van der Waals surface area contributed by atoms with Gasteiger partial charge in [-0.05, 0) is 41.8 Å². The van der Waals surface area contributed by atoms with E-state index in [9.17, 15) is 18.0 Å². The minimum atomic E-state index is -4.37. The Kier molecular flexibility index (Phi) is 6.89. The van der Waals surface area contributed by atoms with Crippen LogP contribution in [0.5, 0.6) is 11.5 Å². The van der Waals surface area contributed by atoms with Crippen molar-refractivity contribution in [3.8, 4) is 11.5 Å². The summed E-state index contributed by atoms with van der Waals surface area (Å²) in [6, 6.07) is 13.7. The summed E-state index contributed by atoms with van der Waals surface area (Å²) in [6.07, 6.45) is -3.44. The number of hydrogen-bond acceptors (Lipinski definition) is 3. The van der Waals surface area contributed by atoms with Crippen LogP contribution < -0.4 is 14.8 Å². The van der Waals surface area contributed by atoms with Gasteiger partial charge in [0.1, 0.15) is 11.5 Å². The highest BCUT2D eigenvalue weighted by atomic mass is 19.4. The second-order valence-corrected chi connectivity index (χ2v) is 5.68. The number of benzene rings is 2. The number of rotatable bonds is 8. The molecule has 0 bridgehead atoms. The number of amides is 1. The lowest BCUT2D eigenvalue weighted by Crippen LogP contribution is -2.23. The Labute approximate surface area is 149 Å². The monoisotopic (exact) mass is 367 g/mol. The van der Waals surface area contributed by atoms with E-state index in [1.807, 2.05) is 24.3 Å². The third-order valence-corrected chi connectivity index (χ3v) is 3.59. The molecular weight excluding hydrogens is 347 g/mol. The summed E-state index contributed by atoms with van der Waals surface area (Å²) >= 11 is 0. The Morgan fingerprint density at radius 3 is 2.42 bits per heavy atom. The van der Waals surface area contributed by atoms with Gasteiger partial charge < -0.3 is 14.8 Å². The van der Waals surface area contributed by atoms with Crippen molar-refractivity contribution in [1.82, 2.24) is 5.32 Å². The number of carbonyl (C=O) groups excluding carboxylic acids is 1. The van der Waals surface area contributed by atoms with E-state index in [1.54, 1.807) is 19.2 Å². The van der Waals surface area contributed by atoms with Gasteiger partial charge in [0.05, 0.1) is 7.11 Å². The highest BCUT2D eigenvalue weighted by Gasteiger charge is 2.28. The zero-order chi connectivity index (χ0) is 19.0. The van der Waals surface area contributed by atoms with E-state index in [0.29, 0.717) is 19.4 Å². The number of ether oxygens (including phenoxy) is 2. The predicted molar refractivity (Wildman–Crippen MR) is 91.2 cm³/mol. The summed E-state index contributed by atoms with van der Waals surface area (Å²) in [5, 5.41) is 2.78. The van der Waals surface area contributed by atoms with Crippen LogP contribution in [0, 0.1) is 0 Å². The van der Waals surface area contributed by atoms with E-state index < -0.39 is 12.8 Å². The van der Waals surface area contributed by atoms with Gasteiger partial charge in [0.25, 0.3) is 0 Å². The molecule has 26 heavy (non-hydrogen) atoms. The summed E-state index contributed by atoms with van der Waals surface area (Å²) in [4.78, 5) is 11.9. The van der Waals surface area contributed by atoms with E-state index in [4.69, 9.17) is 4.74 Å². The quantitative estimate of drug-likeness (QED) is 0.770. The molecule has 2 rings (SSSR count). The molecule has 0 fully saturated rings. The molecule has 0 saturated heterocycles. The molecule has 0 unspecified atom stereocenters. The van der Waals surface area contributed by atoms with E-state index >= 15 is 0 Å². The Morgan fingerprint density at radius 1 is 1.04 bits per heavy atom. The Morgan fingerprint density at radius 2 is 1.77 bits per heavy atom. The summed E-state index contributed by atoms with van der Waals surface area (Å²) < 4.78 is 46.0. The fourth-order valence-corrected chi connectivity index (χ4v) is 2.24. The summed E-state index contributed by atoms with van der Waals surface area (Å²) in [5.41, 5.74) is 1.78. The molecule has 0 saturated carbocycles. The molecule has 0 heterocycles. The van der Waals surface area contributed by atoms with Gasteiger partial charge in [0.2, 0.25) is 5.91 Å². The number of aryl methyl sites for hydroxylation is 1. The van der Waals surface area contributed by atoms with Gasteiger partial charge in [-0.15, -0.1) is 0 Å². The van der Waals surface area contributed by atoms with Crippen LogP contribution in [-0.4, -0.2) is 25.8 Å². The van der Waals surface area contributed by atoms with Gasteiger partial charge >= 0.3 is 6.18 Å². The Bertz CT molecular complexity index is 715. The van der Waals surface area contributed by atoms with E-state index in [0.717, 1.165) is 16.9 Å². The molecule has 2 aromatic carbocycles. The van der Waals surface area contributed by atoms with Crippen molar-refractivity contribution in [2.45, 2.75) is 25.6 Å². The highest BCUT2D eigenvalue weighted by Crippen LogP contribution is 2.19. The van der Waals surface area contributed by atoms with E-state index in [-0.39, 0.29) is 11.7 Å². The number of nitrogens with one attached hydrogen (secondary N) is 1. The zero-order valence-corrected chi connectivity index (χ0v) is 14.3. The van der Waals surface area contributed by atoms with E-state index in [2.05, 4.69) is 10.1 Å². The van der Waals surface area contributed by atoms with Crippen molar-refractivity contribution in [2.75, 3.05) is 13.7 Å². The standard InChI is InChI=1S/C19H20F3NO3/c1-25-17-4-2-3-14(11-17)7-10-18(24)23-12-15-5-8-16(9-6-15)26-13-19(20,21)22/h2-6,8-9,11H,7,10,12-13H2,1H3,(H,23,24). The number of methoxy groups -OCH3 is 1. The topological polar surface area (TPSA) is 47.6 Å². The van der Waals surface area contributed by atoms with Crippen LogP contribution in [0.15, 0.2) is 48.5 Å². The average Bonchev–Trinajstić information content (AvgIpc) is 2.63. The van der Waals surface area contributed by atoms with Crippen molar-refractivity contribution in [3.63, 3.8) is 0 Å². The second kappa shape index (κ2) is 9.12. The largest absolute Gasteiger partial charge is 0.497 e. The fraction of sp³-hybridized carbons (Fsp3) is 0.316. The van der Waals surface area contributed by atoms with Gasteiger partial charge in [-0.25, -0.2) is 0 Å². The Hall–Kier alpha value is -2.70. The van der Waals surface area contributed by atoms with Crippen molar-refractivity contribution in [3.05, 3.63) is 59.7 Å². The molecule has 0 aliphatic carbocycles. The molecule has 1 N–H and O–H groups in total. The first-order valence-electron chi connectivity index (χ1n) is 8.04. The maximum Gasteiger partial charge on any atom is 0.422 e. The second-order valence-electron chi connectivity index (χ2n) is 5.68. The van der Waals surface area contributed by atoms with Gasteiger partial charge in [-0.1, -0.05) is 24.3 Å². The van der Waals surface area contributed by atoms with Crippen molar-refractivity contribution in [1.29, 1.82) is 0 Å². The van der Waals surface area contributed by atoms with Crippen LogP contribution in [0.3, 0.4) is 0 Å². The average molecular weight is 367 g/mol. The Balaban J connectivity index is 1.74. The third-order valence-electron chi connectivity index (χ3n) is 3.59. The molecule has 0 aliphatic rings. The fourth-order valence-electron chi connectivity index (χ4n) is 2.24. The summed E-state index contributed by atoms with van der Waals surface area (Å²) in [7, 11) is 1.59. The van der Waals surface area contributed by atoms with Crippen LogP contribution in [0.2, 0.25) is 0 Å². The van der Waals surface area contributed by atoms with Gasteiger partial charge in [0.15, 0.2) is 6.61 Å². The zero-order valence-electron chi connectivity index (χ0n) is 14.3. The lowest BCUT2D eigenvalue weighted by atomic mass is 10.1.